The molecule has 1 aromatic rings. The van der Waals surface area contributed by atoms with Crippen molar-refractivity contribution in [2.45, 2.75) is 58.3 Å². The lowest BCUT2D eigenvalue weighted by Crippen LogP contribution is -1.99. The highest BCUT2D eigenvalue weighted by molar-refractivity contribution is 9.10. The molecule has 0 radical (unpaired) electrons. The van der Waals surface area contributed by atoms with Gasteiger partial charge in [0, 0.05) is 4.47 Å². The van der Waals surface area contributed by atoms with E-state index in [9.17, 15) is 0 Å². The number of nitriles is 1. The van der Waals surface area contributed by atoms with Crippen molar-refractivity contribution < 1.29 is 4.74 Å². The zero-order chi connectivity index (χ0) is 14.6. The van der Waals surface area contributed by atoms with Gasteiger partial charge in [0.15, 0.2) is 0 Å². The molecule has 2 nitrogen and oxygen atoms in total. The number of rotatable bonds is 10. The Morgan fingerprint density at radius 1 is 1.05 bits per heavy atom. The molecule has 1 rings (SSSR count). The van der Waals surface area contributed by atoms with Gasteiger partial charge in [0.05, 0.1) is 12.2 Å². The van der Waals surface area contributed by atoms with Crippen LogP contribution in [0.4, 0.5) is 0 Å². The number of halogens is 1. The highest BCUT2D eigenvalue weighted by Crippen LogP contribution is 2.22. The third kappa shape index (κ3) is 6.96. The minimum absolute atomic E-state index is 0.596. The summed E-state index contributed by atoms with van der Waals surface area (Å²) in [7, 11) is 0. The predicted octanol–water partition coefficient (Wildman–Crippen LogP) is 5.84. The quantitative estimate of drug-likeness (QED) is 0.502. The van der Waals surface area contributed by atoms with Crippen LogP contribution in [0.5, 0.6) is 5.75 Å². The van der Waals surface area contributed by atoms with Gasteiger partial charge >= 0.3 is 0 Å². The van der Waals surface area contributed by atoms with Crippen molar-refractivity contribution in [1.29, 1.82) is 5.26 Å². The maximum absolute atomic E-state index is 9.04. The molecule has 0 spiro atoms. The van der Waals surface area contributed by atoms with E-state index in [-0.39, 0.29) is 0 Å². The van der Waals surface area contributed by atoms with Gasteiger partial charge in [0.25, 0.3) is 0 Å². The van der Waals surface area contributed by atoms with E-state index in [1.165, 1.54) is 44.9 Å². The first kappa shape index (κ1) is 17.0. The lowest BCUT2D eigenvalue weighted by Gasteiger charge is -2.08. The van der Waals surface area contributed by atoms with Gasteiger partial charge < -0.3 is 4.74 Å². The molecule has 0 amide bonds. The molecule has 0 aliphatic rings. The van der Waals surface area contributed by atoms with Crippen LogP contribution in [0.3, 0.4) is 0 Å². The van der Waals surface area contributed by atoms with Gasteiger partial charge in [0.2, 0.25) is 0 Å². The van der Waals surface area contributed by atoms with E-state index in [0.29, 0.717) is 17.9 Å². The van der Waals surface area contributed by atoms with E-state index in [0.717, 1.165) is 10.9 Å². The smallest absolute Gasteiger partial charge is 0.137 e. The summed E-state index contributed by atoms with van der Waals surface area (Å²) in [6, 6.07) is 7.72. The summed E-state index contributed by atoms with van der Waals surface area (Å²) in [5, 5.41) is 9.04. The summed E-state index contributed by atoms with van der Waals surface area (Å²) < 4.78 is 6.60. The average molecular weight is 338 g/mol. The Morgan fingerprint density at radius 3 is 2.35 bits per heavy atom. The fourth-order valence-corrected chi connectivity index (χ4v) is 2.49. The molecule has 0 N–H and O–H groups in total. The Bertz CT molecular complexity index is 425. The Kier molecular flexibility index (Phi) is 9.15. The molecule has 0 aliphatic carbocycles. The largest absolute Gasteiger partial charge is 0.492 e. The SMILES string of the molecule is CCCCCCCCCCOc1ccc(Br)cc1C#N. The summed E-state index contributed by atoms with van der Waals surface area (Å²) in [5.41, 5.74) is 0.596. The van der Waals surface area contributed by atoms with Crippen molar-refractivity contribution >= 4 is 15.9 Å². The summed E-state index contributed by atoms with van der Waals surface area (Å²) in [5.74, 6) is 0.693. The summed E-state index contributed by atoms with van der Waals surface area (Å²) >= 11 is 3.36. The van der Waals surface area contributed by atoms with Gasteiger partial charge in [0.1, 0.15) is 11.8 Å². The molecule has 0 bridgehead atoms. The predicted molar refractivity (Wildman–Crippen MR) is 87.0 cm³/mol. The second-order valence-electron chi connectivity index (χ2n) is 5.08. The van der Waals surface area contributed by atoms with Crippen molar-refractivity contribution in [3.63, 3.8) is 0 Å². The Morgan fingerprint density at radius 2 is 1.70 bits per heavy atom. The van der Waals surface area contributed by atoms with Crippen molar-refractivity contribution in [1.82, 2.24) is 0 Å². The van der Waals surface area contributed by atoms with Gasteiger partial charge in [-0.3, -0.25) is 0 Å². The minimum Gasteiger partial charge on any atom is -0.492 e. The molecule has 0 unspecified atom stereocenters. The first-order valence-electron chi connectivity index (χ1n) is 7.60. The van der Waals surface area contributed by atoms with E-state index < -0.39 is 0 Å². The Labute approximate surface area is 131 Å². The highest BCUT2D eigenvalue weighted by atomic mass is 79.9. The fourth-order valence-electron chi connectivity index (χ4n) is 2.13. The average Bonchev–Trinajstić information content (AvgIpc) is 2.46. The number of unbranched alkanes of at least 4 members (excludes halogenated alkanes) is 7. The Hall–Kier alpha value is -1.01. The van der Waals surface area contributed by atoms with Crippen LogP contribution in [-0.2, 0) is 0 Å². The molecule has 0 heterocycles. The van der Waals surface area contributed by atoms with Crippen LogP contribution in [-0.4, -0.2) is 6.61 Å². The van der Waals surface area contributed by atoms with Crippen LogP contribution < -0.4 is 4.74 Å². The van der Waals surface area contributed by atoms with Gasteiger partial charge in [-0.25, -0.2) is 0 Å². The summed E-state index contributed by atoms with van der Waals surface area (Å²) in [4.78, 5) is 0. The third-order valence-electron chi connectivity index (χ3n) is 3.32. The summed E-state index contributed by atoms with van der Waals surface area (Å²) in [6.45, 7) is 2.94. The number of ether oxygens (including phenoxy) is 1. The maximum atomic E-state index is 9.04. The normalized spacial score (nSPS) is 10.2. The molecule has 0 aliphatic heterocycles. The first-order valence-corrected chi connectivity index (χ1v) is 8.39. The molecule has 0 fully saturated rings. The monoisotopic (exact) mass is 337 g/mol. The third-order valence-corrected chi connectivity index (χ3v) is 3.81. The van der Waals surface area contributed by atoms with Crippen molar-refractivity contribution in [3.8, 4) is 11.8 Å². The van der Waals surface area contributed by atoms with E-state index >= 15 is 0 Å². The fraction of sp³-hybridized carbons (Fsp3) is 0.588. The van der Waals surface area contributed by atoms with Crippen LogP contribution in [0.15, 0.2) is 22.7 Å². The highest BCUT2D eigenvalue weighted by Gasteiger charge is 2.03. The van der Waals surface area contributed by atoms with Gasteiger partial charge in [-0.15, -0.1) is 0 Å². The van der Waals surface area contributed by atoms with E-state index in [1.807, 2.05) is 12.1 Å². The standard InChI is InChI=1S/C17H24BrNO/c1-2-3-4-5-6-7-8-9-12-20-17-11-10-16(18)13-15(17)14-19/h10-11,13H,2-9,12H2,1H3. The number of hydrogen-bond acceptors (Lipinski definition) is 2. The molecular formula is C17H24BrNO. The molecule has 20 heavy (non-hydrogen) atoms. The molecular weight excluding hydrogens is 314 g/mol. The lowest BCUT2D eigenvalue weighted by molar-refractivity contribution is 0.303. The van der Waals surface area contributed by atoms with Crippen LogP contribution in [0.1, 0.15) is 63.9 Å². The lowest BCUT2D eigenvalue weighted by atomic mass is 10.1. The van der Waals surface area contributed by atoms with Gasteiger partial charge in [-0.1, -0.05) is 67.8 Å². The van der Waals surface area contributed by atoms with E-state index in [2.05, 4.69) is 28.9 Å². The van der Waals surface area contributed by atoms with Crippen molar-refractivity contribution in [2.75, 3.05) is 6.61 Å². The second kappa shape index (κ2) is 10.7. The first-order chi connectivity index (χ1) is 9.77. The van der Waals surface area contributed by atoms with E-state index in [1.54, 1.807) is 6.07 Å². The molecule has 3 heteroatoms. The molecule has 0 saturated carbocycles. The zero-order valence-corrected chi connectivity index (χ0v) is 13.9. The molecule has 1 aromatic carbocycles. The molecule has 110 valence electrons. The van der Waals surface area contributed by atoms with E-state index in [4.69, 9.17) is 10.00 Å². The maximum Gasteiger partial charge on any atom is 0.137 e. The van der Waals surface area contributed by atoms with Gasteiger partial charge in [-0.2, -0.15) is 5.26 Å². The van der Waals surface area contributed by atoms with Crippen LogP contribution >= 0.6 is 15.9 Å². The minimum atomic E-state index is 0.596. The van der Waals surface area contributed by atoms with Crippen LogP contribution in [0.25, 0.3) is 0 Å². The topological polar surface area (TPSA) is 33.0 Å². The number of hydrogen-bond donors (Lipinski definition) is 0. The molecule has 0 saturated heterocycles. The van der Waals surface area contributed by atoms with Crippen LogP contribution in [0, 0.1) is 11.3 Å². The molecule has 0 atom stereocenters. The summed E-state index contributed by atoms with van der Waals surface area (Å²) in [6.07, 6.45) is 10.3. The van der Waals surface area contributed by atoms with Crippen molar-refractivity contribution in [3.05, 3.63) is 28.2 Å². The van der Waals surface area contributed by atoms with Gasteiger partial charge in [-0.05, 0) is 24.6 Å². The molecule has 0 aromatic heterocycles. The second-order valence-corrected chi connectivity index (χ2v) is 5.99. The van der Waals surface area contributed by atoms with Crippen molar-refractivity contribution in [2.24, 2.45) is 0 Å². The zero-order valence-electron chi connectivity index (χ0n) is 12.3. The number of benzene rings is 1. The van der Waals surface area contributed by atoms with Crippen LogP contribution in [0.2, 0.25) is 0 Å². The number of nitrogens with zero attached hydrogens (tertiary/aromatic N) is 1. The Balaban J connectivity index is 2.11.